The number of carbonyl (C=O) groups is 2. The highest BCUT2D eigenvalue weighted by atomic mass is 32.1. The van der Waals surface area contributed by atoms with E-state index in [2.05, 4.69) is 5.32 Å². The van der Waals surface area contributed by atoms with Gasteiger partial charge in [-0.1, -0.05) is 18.2 Å². The number of carbonyl (C=O) groups excluding carboxylic acids is 2. The third-order valence-corrected chi connectivity index (χ3v) is 4.97. The van der Waals surface area contributed by atoms with Gasteiger partial charge in [-0.3, -0.25) is 9.59 Å². The van der Waals surface area contributed by atoms with Gasteiger partial charge in [0.05, 0.1) is 13.7 Å². The Labute approximate surface area is 173 Å². The fourth-order valence-corrected chi connectivity index (χ4v) is 3.29. The van der Waals surface area contributed by atoms with E-state index in [0.29, 0.717) is 29.4 Å². The molecule has 0 aliphatic heterocycles. The number of rotatable bonds is 8. The van der Waals surface area contributed by atoms with Gasteiger partial charge in [0.15, 0.2) is 0 Å². The van der Waals surface area contributed by atoms with Crippen molar-refractivity contribution in [3.8, 4) is 11.5 Å². The fraction of sp³-hybridized carbons (Fsp3) is 0.182. The van der Waals surface area contributed by atoms with Crippen molar-refractivity contribution in [3.63, 3.8) is 0 Å². The molecule has 0 bridgehead atoms. The third-order valence-electron chi connectivity index (χ3n) is 4.12. The molecule has 7 heteroatoms. The van der Waals surface area contributed by atoms with Gasteiger partial charge in [-0.05, 0) is 41.8 Å². The van der Waals surface area contributed by atoms with E-state index in [1.807, 2.05) is 17.5 Å². The SMILES string of the molecule is COc1cccc(NC(=O)CN(C)C(=O)c2cccc(OCc3cccs3)c2)c1. The van der Waals surface area contributed by atoms with Gasteiger partial charge in [0.1, 0.15) is 18.1 Å². The van der Waals surface area contributed by atoms with Gasteiger partial charge in [-0.25, -0.2) is 0 Å². The van der Waals surface area contributed by atoms with Crippen molar-refractivity contribution in [1.29, 1.82) is 0 Å². The standard InChI is InChI=1S/C22H22N2O4S/c1-24(14-21(25)23-17-7-4-8-18(13-17)27-2)22(26)16-6-3-9-19(12-16)28-15-20-10-5-11-29-20/h3-13H,14-15H2,1-2H3,(H,23,25). The second kappa shape index (κ2) is 9.75. The molecule has 2 amide bonds. The fourth-order valence-electron chi connectivity index (χ4n) is 2.68. The zero-order chi connectivity index (χ0) is 20.6. The van der Waals surface area contributed by atoms with Crippen LogP contribution in [0.2, 0.25) is 0 Å². The second-order valence-electron chi connectivity index (χ2n) is 6.34. The van der Waals surface area contributed by atoms with Crippen molar-refractivity contribution in [2.24, 2.45) is 0 Å². The van der Waals surface area contributed by atoms with E-state index in [4.69, 9.17) is 9.47 Å². The predicted molar refractivity (Wildman–Crippen MR) is 114 cm³/mol. The topological polar surface area (TPSA) is 67.9 Å². The van der Waals surface area contributed by atoms with Gasteiger partial charge >= 0.3 is 0 Å². The number of thiophene rings is 1. The van der Waals surface area contributed by atoms with E-state index in [1.54, 1.807) is 74.0 Å². The summed E-state index contributed by atoms with van der Waals surface area (Å²) in [5, 5.41) is 4.76. The minimum atomic E-state index is -0.292. The number of hydrogen-bond donors (Lipinski definition) is 1. The first kappa shape index (κ1) is 20.4. The van der Waals surface area contributed by atoms with E-state index in [1.165, 1.54) is 4.90 Å². The summed E-state index contributed by atoms with van der Waals surface area (Å²) in [7, 11) is 3.15. The van der Waals surface area contributed by atoms with Gasteiger partial charge < -0.3 is 19.7 Å². The molecular weight excluding hydrogens is 388 g/mol. The quantitative estimate of drug-likeness (QED) is 0.608. The molecule has 0 saturated carbocycles. The average molecular weight is 410 g/mol. The largest absolute Gasteiger partial charge is 0.497 e. The van der Waals surface area contributed by atoms with Crippen molar-refractivity contribution < 1.29 is 19.1 Å². The molecule has 3 rings (SSSR count). The first-order chi connectivity index (χ1) is 14.0. The molecule has 0 saturated heterocycles. The van der Waals surface area contributed by atoms with Crippen LogP contribution in [-0.4, -0.2) is 37.4 Å². The Morgan fingerprint density at radius 1 is 1.03 bits per heavy atom. The Balaban J connectivity index is 1.57. The van der Waals surface area contributed by atoms with E-state index in [9.17, 15) is 9.59 Å². The average Bonchev–Trinajstić information content (AvgIpc) is 3.25. The Morgan fingerprint density at radius 3 is 2.59 bits per heavy atom. The number of hydrogen-bond acceptors (Lipinski definition) is 5. The number of amides is 2. The maximum Gasteiger partial charge on any atom is 0.254 e. The molecule has 2 aromatic carbocycles. The van der Waals surface area contributed by atoms with Crippen molar-refractivity contribution in [2.45, 2.75) is 6.61 Å². The van der Waals surface area contributed by atoms with Crippen LogP contribution in [0.15, 0.2) is 66.0 Å². The molecular formula is C22H22N2O4S. The van der Waals surface area contributed by atoms with Crippen LogP contribution in [0.3, 0.4) is 0 Å². The summed E-state index contributed by atoms with van der Waals surface area (Å²) in [4.78, 5) is 27.5. The van der Waals surface area contributed by atoms with Gasteiger partial charge in [0.25, 0.3) is 5.91 Å². The Kier molecular flexibility index (Phi) is 6.86. The summed E-state index contributed by atoms with van der Waals surface area (Å²) in [6.07, 6.45) is 0. The molecule has 0 spiro atoms. The van der Waals surface area contributed by atoms with Crippen LogP contribution in [0, 0.1) is 0 Å². The molecule has 0 atom stereocenters. The normalized spacial score (nSPS) is 10.3. The molecule has 0 aliphatic carbocycles. The number of benzene rings is 2. The Morgan fingerprint density at radius 2 is 1.83 bits per heavy atom. The first-order valence-electron chi connectivity index (χ1n) is 9.00. The molecule has 150 valence electrons. The van der Waals surface area contributed by atoms with Gasteiger partial charge in [-0.15, -0.1) is 11.3 Å². The van der Waals surface area contributed by atoms with E-state index >= 15 is 0 Å². The van der Waals surface area contributed by atoms with Crippen LogP contribution in [0.1, 0.15) is 15.2 Å². The van der Waals surface area contributed by atoms with Crippen LogP contribution in [0.4, 0.5) is 5.69 Å². The molecule has 0 fully saturated rings. The predicted octanol–water partition coefficient (Wildman–Crippen LogP) is 4.05. The van der Waals surface area contributed by atoms with Crippen LogP contribution in [0.5, 0.6) is 11.5 Å². The maximum absolute atomic E-state index is 12.7. The van der Waals surface area contributed by atoms with E-state index in [-0.39, 0.29) is 18.4 Å². The summed E-state index contributed by atoms with van der Waals surface area (Å²) in [5.74, 6) is 0.705. The molecule has 29 heavy (non-hydrogen) atoms. The summed E-state index contributed by atoms with van der Waals surface area (Å²) < 4.78 is 10.9. The highest BCUT2D eigenvalue weighted by Crippen LogP contribution is 2.19. The monoisotopic (exact) mass is 410 g/mol. The number of anilines is 1. The van der Waals surface area contributed by atoms with Crippen molar-refractivity contribution in [2.75, 3.05) is 26.0 Å². The van der Waals surface area contributed by atoms with Gasteiger partial charge in [0.2, 0.25) is 5.91 Å². The molecule has 1 heterocycles. The Hall–Kier alpha value is -3.32. The number of nitrogens with one attached hydrogen (secondary N) is 1. The van der Waals surface area contributed by atoms with E-state index in [0.717, 1.165) is 4.88 Å². The summed E-state index contributed by atoms with van der Waals surface area (Å²) in [6.45, 7) is 0.379. The zero-order valence-electron chi connectivity index (χ0n) is 16.3. The first-order valence-corrected chi connectivity index (χ1v) is 9.88. The smallest absolute Gasteiger partial charge is 0.254 e. The van der Waals surface area contributed by atoms with Crippen molar-refractivity contribution in [3.05, 3.63) is 76.5 Å². The minimum absolute atomic E-state index is 0.0731. The number of likely N-dealkylation sites (N-methyl/N-ethyl adjacent to an activating group) is 1. The molecule has 1 aromatic heterocycles. The molecule has 0 radical (unpaired) electrons. The van der Waals surface area contributed by atoms with Crippen LogP contribution >= 0.6 is 11.3 Å². The maximum atomic E-state index is 12.7. The zero-order valence-corrected chi connectivity index (χ0v) is 17.1. The number of ether oxygens (including phenoxy) is 2. The van der Waals surface area contributed by atoms with Crippen molar-refractivity contribution in [1.82, 2.24) is 4.90 Å². The summed E-state index contributed by atoms with van der Waals surface area (Å²) in [5.41, 5.74) is 1.07. The molecule has 6 nitrogen and oxygen atoms in total. The van der Waals surface area contributed by atoms with E-state index < -0.39 is 0 Å². The number of nitrogens with zero attached hydrogens (tertiary/aromatic N) is 1. The molecule has 0 aliphatic rings. The lowest BCUT2D eigenvalue weighted by atomic mass is 10.2. The van der Waals surface area contributed by atoms with Crippen LogP contribution in [0.25, 0.3) is 0 Å². The summed E-state index contributed by atoms with van der Waals surface area (Å²) >= 11 is 1.61. The van der Waals surface area contributed by atoms with Crippen LogP contribution < -0.4 is 14.8 Å². The van der Waals surface area contributed by atoms with Gasteiger partial charge in [-0.2, -0.15) is 0 Å². The molecule has 0 unspecified atom stereocenters. The molecule has 3 aromatic rings. The lowest BCUT2D eigenvalue weighted by Gasteiger charge is -2.17. The minimum Gasteiger partial charge on any atom is -0.497 e. The number of methoxy groups -OCH3 is 1. The highest BCUT2D eigenvalue weighted by molar-refractivity contribution is 7.09. The highest BCUT2D eigenvalue weighted by Gasteiger charge is 2.16. The van der Waals surface area contributed by atoms with Crippen molar-refractivity contribution >= 4 is 28.8 Å². The molecule has 1 N–H and O–H groups in total. The Bertz CT molecular complexity index is 972. The van der Waals surface area contributed by atoms with Crippen LogP contribution in [-0.2, 0) is 11.4 Å². The van der Waals surface area contributed by atoms with Gasteiger partial charge in [0, 0.05) is 29.2 Å². The lowest BCUT2D eigenvalue weighted by Crippen LogP contribution is -2.34. The third kappa shape index (κ3) is 5.83. The summed E-state index contributed by atoms with van der Waals surface area (Å²) in [6, 6.07) is 18.0. The lowest BCUT2D eigenvalue weighted by molar-refractivity contribution is -0.116. The second-order valence-corrected chi connectivity index (χ2v) is 7.37.